The standard InChI is InChI=1S/C20H32N5O6P/c1-26-9-8-13-10-15(11-29-32(28-3)31-14-6-4-5-7-14)30-19(13)25-12-22-16-17(25)23-20(21)24-18(16)27-2/h12-15,19H,4-11H2,1-3H3,(H2,21,23,24). The molecule has 178 valence electrons. The zero-order valence-electron chi connectivity index (χ0n) is 18.8. The minimum atomic E-state index is -1.39. The molecule has 0 radical (unpaired) electrons. The van der Waals surface area contributed by atoms with Gasteiger partial charge in [-0.15, -0.1) is 0 Å². The predicted molar refractivity (Wildman–Crippen MR) is 118 cm³/mol. The lowest BCUT2D eigenvalue weighted by Gasteiger charge is -2.21. The molecule has 12 heteroatoms. The second-order valence-electron chi connectivity index (χ2n) is 8.05. The van der Waals surface area contributed by atoms with E-state index in [0.29, 0.717) is 30.3 Å². The first-order chi connectivity index (χ1) is 15.6. The molecule has 2 aliphatic rings. The van der Waals surface area contributed by atoms with E-state index in [9.17, 15) is 0 Å². The molecular formula is C20H32N5O6P. The number of hydrogen-bond acceptors (Lipinski definition) is 10. The summed E-state index contributed by atoms with van der Waals surface area (Å²) in [5.74, 6) is 0.650. The normalized spacial score (nSPS) is 25.0. The Bertz CT molecular complexity index is 880. The molecule has 1 aliphatic heterocycles. The first kappa shape index (κ1) is 23.5. The molecule has 2 N–H and O–H groups in total. The van der Waals surface area contributed by atoms with E-state index in [0.717, 1.165) is 25.7 Å². The van der Waals surface area contributed by atoms with Gasteiger partial charge in [0.2, 0.25) is 11.8 Å². The summed E-state index contributed by atoms with van der Waals surface area (Å²) in [5, 5.41) is 0. The number of hydrogen-bond donors (Lipinski definition) is 1. The summed E-state index contributed by atoms with van der Waals surface area (Å²) in [6, 6.07) is 0. The second kappa shape index (κ2) is 11.0. The fourth-order valence-electron chi connectivity index (χ4n) is 4.37. The van der Waals surface area contributed by atoms with Gasteiger partial charge in [0.1, 0.15) is 6.23 Å². The van der Waals surface area contributed by atoms with Gasteiger partial charge in [0.15, 0.2) is 11.2 Å². The van der Waals surface area contributed by atoms with Gasteiger partial charge in [-0.25, -0.2) is 4.98 Å². The lowest BCUT2D eigenvalue weighted by atomic mass is 10.00. The fourth-order valence-corrected chi connectivity index (χ4v) is 5.36. The molecule has 3 heterocycles. The van der Waals surface area contributed by atoms with E-state index in [4.69, 9.17) is 33.5 Å². The Morgan fingerprint density at radius 3 is 2.75 bits per heavy atom. The Labute approximate surface area is 188 Å². The molecule has 0 bridgehead atoms. The second-order valence-corrected chi connectivity index (χ2v) is 9.34. The number of fused-ring (bicyclic) bond motifs is 1. The number of methoxy groups -OCH3 is 2. The number of ether oxygens (including phenoxy) is 3. The van der Waals surface area contributed by atoms with Crippen molar-refractivity contribution in [2.75, 3.05) is 40.3 Å². The summed E-state index contributed by atoms with van der Waals surface area (Å²) in [7, 11) is 3.46. The Balaban J connectivity index is 1.46. The average molecular weight is 469 g/mol. The molecule has 4 rings (SSSR count). The van der Waals surface area contributed by atoms with E-state index in [1.165, 1.54) is 20.0 Å². The summed E-state index contributed by atoms with van der Waals surface area (Å²) >= 11 is 0. The molecule has 0 spiro atoms. The smallest absolute Gasteiger partial charge is 0.332 e. The number of nitrogens with two attached hydrogens (primary N) is 1. The SMILES string of the molecule is COCCC1CC(COP(OC)OC2CCCC2)OC1n1cnc2c(OC)nc(N)nc21. The highest BCUT2D eigenvalue weighted by atomic mass is 31.2. The van der Waals surface area contributed by atoms with Gasteiger partial charge in [-0.05, 0) is 25.7 Å². The number of nitrogen functional groups attached to an aromatic ring is 1. The van der Waals surface area contributed by atoms with Crippen LogP contribution in [0.5, 0.6) is 5.88 Å². The van der Waals surface area contributed by atoms with Gasteiger partial charge >= 0.3 is 8.60 Å². The maximum atomic E-state index is 6.40. The average Bonchev–Trinajstić information content (AvgIpc) is 3.54. The monoisotopic (exact) mass is 469 g/mol. The van der Waals surface area contributed by atoms with E-state index in [1.807, 2.05) is 4.57 Å². The van der Waals surface area contributed by atoms with Gasteiger partial charge in [0.25, 0.3) is 0 Å². The van der Waals surface area contributed by atoms with Crippen molar-refractivity contribution < 1.29 is 27.8 Å². The highest BCUT2D eigenvalue weighted by Crippen LogP contribution is 2.45. The zero-order chi connectivity index (χ0) is 22.5. The molecule has 0 aromatic carbocycles. The van der Waals surface area contributed by atoms with Crippen LogP contribution in [0.25, 0.3) is 11.2 Å². The number of imidazole rings is 1. The van der Waals surface area contributed by atoms with Gasteiger partial charge in [-0.2, -0.15) is 9.97 Å². The van der Waals surface area contributed by atoms with E-state index in [1.54, 1.807) is 20.5 Å². The predicted octanol–water partition coefficient (Wildman–Crippen LogP) is 3.21. The molecule has 2 aromatic heterocycles. The summed E-state index contributed by atoms with van der Waals surface area (Å²) in [4.78, 5) is 12.9. The lowest BCUT2D eigenvalue weighted by molar-refractivity contribution is -0.0333. The van der Waals surface area contributed by atoms with Crippen molar-refractivity contribution >= 4 is 25.7 Å². The third kappa shape index (κ3) is 5.30. The Hall–Kier alpha value is -1.62. The highest BCUT2D eigenvalue weighted by Gasteiger charge is 2.38. The molecule has 2 fully saturated rings. The van der Waals surface area contributed by atoms with E-state index >= 15 is 0 Å². The van der Waals surface area contributed by atoms with Crippen molar-refractivity contribution in [1.82, 2.24) is 19.5 Å². The molecule has 1 saturated carbocycles. The Morgan fingerprint density at radius 2 is 2.03 bits per heavy atom. The largest absolute Gasteiger partial charge is 0.479 e. The summed E-state index contributed by atoms with van der Waals surface area (Å²) in [5.41, 5.74) is 7.00. The van der Waals surface area contributed by atoms with Gasteiger partial charge in [0.05, 0.1) is 32.3 Å². The first-order valence-corrected chi connectivity index (χ1v) is 12.0. The topological polar surface area (TPSA) is 125 Å². The highest BCUT2D eigenvalue weighted by molar-refractivity contribution is 7.41. The molecule has 11 nitrogen and oxygen atoms in total. The van der Waals surface area contributed by atoms with Crippen LogP contribution in [-0.2, 0) is 23.0 Å². The molecule has 1 aliphatic carbocycles. The lowest BCUT2D eigenvalue weighted by Crippen LogP contribution is -2.18. The van der Waals surface area contributed by atoms with Crippen LogP contribution in [0.4, 0.5) is 5.95 Å². The van der Waals surface area contributed by atoms with Crippen LogP contribution in [0, 0.1) is 5.92 Å². The van der Waals surface area contributed by atoms with Crippen molar-refractivity contribution in [3.63, 3.8) is 0 Å². The maximum Gasteiger partial charge on any atom is 0.332 e. The van der Waals surface area contributed by atoms with Crippen molar-refractivity contribution in [1.29, 1.82) is 0 Å². The van der Waals surface area contributed by atoms with Crippen LogP contribution in [0.15, 0.2) is 6.33 Å². The Morgan fingerprint density at radius 1 is 1.22 bits per heavy atom. The van der Waals surface area contributed by atoms with Crippen molar-refractivity contribution in [2.24, 2.45) is 5.92 Å². The minimum absolute atomic E-state index is 0.118. The van der Waals surface area contributed by atoms with Crippen molar-refractivity contribution in [2.45, 2.75) is 57.0 Å². The molecule has 1 saturated heterocycles. The van der Waals surface area contributed by atoms with Gasteiger partial charge in [0, 0.05) is 26.7 Å². The van der Waals surface area contributed by atoms with Gasteiger partial charge < -0.3 is 33.5 Å². The van der Waals surface area contributed by atoms with E-state index < -0.39 is 8.60 Å². The van der Waals surface area contributed by atoms with Crippen LogP contribution < -0.4 is 10.5 Å². The summed E-state index contributed by atoms with van der Waals surface area (Å²) in [6.07, 6.45) is 7.68. The number of aromatic nitrogens is 4. The van der Waals surface area contributed by atoms with Crippen LogP contribution in [0.1, 0.15) is 44.8 Å². The molecule has 0 amide bonds. The van der Waals surface area contributed by atoms with Crippen molar-refractivity contribution in [3.8, 4) is 5.88 Å². The van der Waals surface area contributed by atoms with E-state index in [2.05, 4.69) is 15.0 Å². The molecule has 4 atom stereocenters. The summed E-state index contributed by atoms with van der Waals surface area (Å²) < 4.78 is 36.3. The zero-order valence-corrected chi connectivity index (χ0v) is 19.7. The van der Waals surface area contributed by atoms with E-state index in [-0.39, 0.29) is 30.3 Å². The number of nitrogens with zero attached hydrogens (tertiary/aromatic N) is 4. The molecule has 4 unspecified atom stereocenters. The Kier molecular flexibility index (Phi) is 8.09. The van der Waals surface area contributed by atoms with Crippen LogP contribution in [0.2, 0.25) is 0 Å². The maximum absolute atomic E-state index is 6.40. The first-order valence-electron chi connectivity index (χ1n) is 10.9. The third-order valence-electron chi connectivity index (χ3n) is 5.92. The van der Waals surface area contributed by atoms with Crippen LogP contribution in [-0.4, -0.2) is 66.3 Å². The quantitative estimate of drug-likeness (QED) is 0.490. The summed E-state index contributed by atoms with van der Waals surface area (Å²) in [6.45, 7) is 1.01. The van der Waals surface area contributed by atoms with Crippen LogP contribution in [0.3, 0.4) is 0 Å². The van der Waals surface area contributed by atoms with Crippen molar-refractivity contribution in [3.05, 3.63) is 6.33 Å². The minimum Gasteiger partial charge on any atom is -0.479 e. The third-order valence-corrected chi connectivity index (χ3v) is 7.05. The number of rotatable bonds is 11. The number of anilines is 1. The van der Waals surface area contributed by atoms with Crippen LogP contribution >= 0.6 is 8.60 Å². The molecule has 2 aromatic rings. The fraction of sp³-hybridized carbons (Fsp3) is 0.750. The molecule has 32 heavy (non-hydrogen) atoms. The van der Waals surface area contributed by atoms with Gasteiger partial charge in [-0.3, -0.25) is 4.57 Å². The molecular weight excluding hydrogens is 437 g/mol. The van der Waals surface area contributed by atoms with Gasteiger partial charge in [-0.1, -0.05) is 12.8 Å².